The van der Waals surface area contributed by atoms with Gasteiger partial charge >= 0.3 is 0 Å². The van der Waals surface area contributed by atoms with E-state index in [9.17, 15) is 0 Å². The summed E-state index contributed by atoms with van der Waals surface area (Å²) in [5.74, 6) is 0.790. The number of hydrogen-bond acceptors (Lipinski definition) is 5. The Morgan fingerprint density at radius 3 is 2.95 bits per heavy atom. The zero-order valence-corrected chi connectivity index (χ0v) is 11.4. The molecule has 0 unspecified atom stereocenters. The van der Waals surface area contributed by atoms with Gasteiger partial charge in [0, 0.05) is 25.3 Å². The maximum Gasteiger partial charge on any atom is 0.127 e. The van der Waals surface area contributed by atoms with Crippen molar-refractivity contribution in [2.75, 3.05) is 44.7 Å². The minimum atomic E-state index is 0.656. The van der Waals surface area contributed by atoms with E-state index in [1.54, 1.807) is 12.1 Å². The van der Waals surface area contributed by atoms with Crippen LogP contribution in [0.4, 0.5) is 5.82 Å². The molecule has 1 fully saturated rings. The minimum absolute atomic E-state index is 0.656. The van der Waals surface area contributed by atoms with E-state index in [0.29, 0.717) is 5.56 Å². The average molecular weight is 260 g/mol. The highest BCUT2D eigenvalue weighted by Gasteiger charge is 2.09. The molecule has 0 spiro atoms. The Balaban J connectivity index is 1.73. The van der Waals surface area contributed by atoms with Crippen molar-refractivity contribution in [1.82, 2.24) is 9.88 Å². The molecule has 2 heterocycles. The lowest BCUT2D eigenvalue weighted by Gasteiger charge is -2.26. The van der Waals surface area contributed by atoms with Crippen LogP contribution in [0.25, 0.3) is 0 Å². The molecule has 5 heteroatoms. The normalized spacial score (nSPS) is 16.0. The molecule has 0 amide bonds. The van der Waals surface area contributed by atoms with Crippen LogP contribution in [-0.4, -0.2) is 49.3 Å². The Hall–Kier alpha value is -1.64. The minimum Gasteiger partial charge on any atom is -0.379 e. The Morgan fingerprint density at radius 2 is 2.21 bits per heavy atom. The van der Waals surface area contributed by atoms with Crippen molar-refractivity contribution >= 4 is 5.82 Å². The number of aryl methyl sites for hydroxylation is 1. The number of anilines is 1. The molecule has 1 aromatic rings. The molecule has 0 atom stereocenters. The van der Waals surface area contributed by atoms with Gasteiger partial charge in [-0.15, -0.1) is 0 Å². The third-order valence-electron chi connectivity index (χ3n) is 3.14. The molecule has 2 rings (SSSR count). The number of nitrogens with one attached hydrogen (secondary N) is 1. The van der Waals surface area contributed by atoms with E-state index in [4.69, 9.17) is 10.00 Å². The number of hydrogen-bond donors (Lipinski definition) is 1. The van der Waals surface area contributed by atoms with Gasteiger partial charge in [0.05, 0.1) is 24.8 Å². The van der Waals surface area contributed by atoms with Crippen LogP contribution >= 0.6 is 0 Å². The van der Waals surface area contributed by atoms with E-state index in [1.165, 1.54) is 0 Å². The van der Waals surface area contributed by atoms with Crippen molar-refractivity contribution in [3.63, 3.8) is 0 Å². The SMILES string of the molecule is Cc1cc(C#N)cc(NCCCN2CCOCC2)n1. The number of ether oxygens (including phenoxy) is 1. The summed E-state index contributed by atoms with van der Waals surface area (Å²) in [7, 11) is 0. The average Bonchev–Trinajstić information content (AvgIpc) is 2.44. The van der Waals surface area contributed by atoms with Crippen molar-refractivity contribution in [3.05, 3.63) is 23.4 Å². The van der Waals surface area contributed by atoms with Gasteiger partial charge in [-0.2, -0.15) is 5.26 Å². The first-order valence-electron chi connectivity index (χ1n) is 6.71. The quantitative estimate of drug-likeness (QED) is 0.811. The molecule has 102 valence electrons. The fourth-order valence-electron chi connectivity index (χ4n) is 2.17. The lowest BCUT2D eigenvalue weighted by atomic mass is 10.2. The standard InChI is InChI=1S/C14H20N4O/c1-12-9-13(11-15)10-14(17-12)16-3-2-4-18-5-7-19-8-6-18/h9-10H,2-8H2,1H3,(H,16,17). The van der Waals surface area contributed by atoms with Gasteiger partial charge in [0.1, 0.15) is 5.82 Å². The van der Waals surface area contributed by atoms with Gasteiger partial charge in [-0.1, -0.05) is 0 Å². The largest absolute Gasteiger partial charge is 0.379 e. The number of nitriles is 1. The highest BCUT2D eigenvalue weighted by Crippen LogP contribution is 2.09. The Kier molecular flexibility index (Phi) is 5.13. The first-order valence-corrected chi connectivity index (χ1v) is 6.71. The van der Waals surface area contributed by atoms with Crippen LogP contribution in [0.3, 0.4) is 0 Å². The maximum absolute atomic E-state index is 8.90. The number of nitrogens with zero attached hydrogens (tertiary/aromatic N) is 3. The van der Waals surface area contributed by atoms with Gasteiger partial charge in [-0.3, -0.25) is 4.90 Å². The number of aromatic nitrogens is 1. The van der Waals surface area contributed by atoms with Crippen molar-refractivity contribution in [2.45, 2.75) is 13.3 Å². The fraction of sp³-hybridized carbons (Fsp3) is 0.571. The van der Waals surface area contributed by atoms with E-state index in [2.05, 4.69) is 21.3 Å². The molecule has 1 aliphatic heterocycles. The van der Waals surface area contributed by atoms with Crippen LogP contribution in [0.15, 0.2) is 12.1 Å². The summed E-state index contributed by atoms with van der Waals surface area (Å²) in [6, 6.07) is 5.73. The second-order valence-electron chi connectivity index (χ2n) is 4.73. The Morgan fingerprint density at radius 1 is 1.42 bits per heavy atom. The van der Waals surface area contributed by atoms with Gasteiger partial charge < -0.3 is 10.1 Å². The third-order valence-corrected chi connectivity index (χ3v) is 3.14. The van der Waals surface area contributed by atoms with Gasteiger partial charge in [0.15, 0.2) is 0 Å². The van der Waals surface area contributed by atoms with Crippen LogP contribution in [0.2, 0.25) is 0 Å². The Labute approximate surface area is 114 Å². The molecule has 1 aromatic heterocycles. The summed E-state index contributed by atoms with van der Waals surface area (Å²) in [6.45, 7) is 7.60. The molecule has 0 bridgehead atoms. The molecule has 0 radical (unpaired) electrons. The van der Waals surface area contributed by atoms with Gasteiger partial charge in [0.2, 0.25) is 0 Å². The van der Waals surface area contributed by atoms with E-state index in [1.807, 2.05) is 6.92 Å². The monoisotopic (exact) mass is 260 g/mol. The van der Waals surface area contributed by atoms with E-state index < -0.39 is 0 Å². The number of morpholine rings is 1. The molecule has 1 aliphatic rings. The van der Waals surface area contributed by atoms with E-state index >= 15 is 0 Å². The summed E-state index contributed by atoms with van der Waals surface area (Å²) < 4.78 is 5.32. The first-order chi connectivity index (χ1) is 9.28. The summed E-state index contributed by atoms with van der Waals surface area (Å²) >= 11 is 0. The van der Waals surface area contributed by atoms with Gasteiger partial charge in [-0.05, 0) is 32.0 Å². The summed E-state index contributed by atoms with van der Waals surface area (Å²) in [4.78, 5) is 6.78. The lowest BCUT2D eigenvalue weighted by molar-refractivity contribution is 0.0378. The number of pyridine rings is 1. The number of rotatable bonds is 5. The smallest absolute Gasteiger partial charge is 0.127 e. The summed E-state index contributed by atoms with van der Waals surface area (Å²) in [6.07, 6.45) is 1.07. The molecule has 19 heavy (non-hydrogen) atoms. The van der Waals surface area contributed by atoms with Gasteiger partial charge in [-0.25, -0.2) is 4.98 Å². The topological polar surface area (TPSA) is 61.2 Å². The van der Waals surface area contributed by atoms with Crippen LogP contribution < -0.4 is 5.32 Å². The van der Waals surface area contributed by atoms with Crippen LogP contribution in [-0.2, 0) is 4.74 Å². The highest BCUT2D eigenvalue weighted by atomic mass is 16.5. The van der Waals surface area contributed by atoms with Crippen molar-refractivity contribution in [2.24, 2.45) is 0 Å². The van der Waals surface area contributed by atoms with E-state index in [0.717, 1.165) is 57.3 Å². The molecule has 0 aliphatic carbocycles. The molecular formula is C14H20N4O. The van der Waals surface area contributed by atoms with Crippen LogP contribution in [0, 0.1) is 18.3 Å². The van der Waals surface area contributed by atoms with Crippen molar-refractivity contribution in [3.8, 4) is 6.07 Å². The molecule has 1 saturated heterocycles. The maximum atomic E-state index is 8.90. The van der Waals surface area contributed by atoms with Crippen LogP contribution in [0.1, 0.15) is 17.7 Å². The van der Waals surface area contributed by atoms with Gasteiger partial charge in [0.25, 0.3) is 0 Å². The van der Waals surface area contributed by atoms with E-state index in [-0.39, 0.29) is 0 Å². The molecule has 5 nitrogen and oxygen atoms in total. The zero-order valence-electron chi connectivity index (χ0n) is 11.4. The Bertz CT molecular complexity index is 449. The lowest BCUT2D eigenvalue weighted by Crippen LogP contribution is -2.37. The summed E-state index contributed by atoms with van der Waals surface area (Å²) in [5.41, 5.74) is 1.53. The molecule has 1 N–H and O–H groups in total. The molecule has 0 aromatic carbocycles. The third kappa shape index (κ3) is 4.51. The zero-order chi connectivity index (χ0) is 13.5. The van der Waals surface area contributed by atoms with Crippen LogP contribution in [0.5, 0.6) is 0 Å². The summed E-state index contributed by atoms with van der Waals surface area (Å²) in [5, 5.41) is 12.2. The second-order valence-corrected chi connectivity index (χ2v) is 4.73. The molecular weight excluding hydrogens is 240 g/mol. The van der Waals surface area contributed by atoms with Crippen molar-refractivity contribution in [1.29, 1.82) is 5.26 Å². The second kappa shape index (κ2) is 7.07. The predicted octanol–water partition coefficient (Wildman–Crippen LogP) is 1.40. The predicted molar refractivity (Wildman–Crippen MR) is 74.1 cm³/mol. The highest BCUT2D eigenvalue weighted by molar-refractivity contribution is 5.44. The molecule has 0 saturated carbocycles. The fourth-order valence-corrected chi connectivity index (χ4v) is 2.17. The van der Waals surface area contributed by atoms with Crippen molar-refractivity contribution < 1.29 is 4.74 Å². The first kappa shape index (κ1) is 13.8.